The lowest BCUT2D eigenvalue weighted by Crippen LogP contribution is -2.38. The average Bonchev–Trinajstić information content (AvgIpc) is 2.50. The molecule has 1 aromatic carbocycles. The minimum absolute atomic E-state index is 0.109. The van der Waals surface area contributed by atoms with Crippen LogP contribution in [0.2, 0.25) is 0 Å². The van der Waals surface area contributed by atoms with E-state index in [1.54, 1.807) is 13.0 Å². The molecule has 0 heterocycles. The number of hydrogen-bond acceptors (Lipinski definition) is 6. The summed E-state index contributed by atoms with van der Waals surface area (Å²) in [4.78, 5) is 33.0. The number of nitro benzene ring substituents is 1. The summed E-state index contributed by atoms with van der Waals surface area (Å²) >= 11 is 0. The number of ether oxygens (including phenoxy) is 1. The van der Waals surface area contributed by atoms with Crippen LogP contribution in [0.1, 0.15) is 18.4 Å². The monoisotopic (exact) mass is 296 g/mol. The molecule has 0 spiro atoms. The van der Waals surface area contributed by atoms with Gasteiger partial charge in [-0.3, -0.25) is 14.9 Å². The molecule has 8 nitrogen and oxygen atoms in total. The maximum Gasteiger partial charge on any atom is 0.336 e. The zero-order valence-corrected chi connectivity index (χ0v) is 11.6. The average molecular weight is 296 g/mol. The van der Waals surface area contributed by atoms with Gasteiger partial charge in [0.25, 0.3) is 5.69 Å². The summed E-state index contributed by atoms with van der Waals surface area (Å²) in [5.74, 6) is -1.97. The van der Waals surface area contributed by atoms with E-state index in [2.05, 4.69) is 10.1 Å². The Morgan fingerprint density at radius 2 is 2.14 bits per heavy atom. The number of carbonyl (C=O) groups is 2. The number of nitrogens with zero attached hydrogens (tertiary/aromatic N) is 1. The maximum atomic E-state index is 11.9. The fourth-order valence-electron chi connectivity index (χ4n) is 1.63. The van der Waals surface area contributed by atoms with E-state index in [1.807, 2.05) is 0 Å². The Hall–Kier alpha value is -2.48. The zero-order chi connectivity index (χ0) is 16.0. The first-order valence-corrected chi connectivity index (χ1v) is 6.14. The number of esters is 1. The predicted molar refractivity (Wildman–Crippen MR) is 72.5 cm³/mol. The van der Waals surface area contributed by atoms with Gasteiger partial charge in [0.15, 0.2) is 6.10 Å². The number of methoxy groups -OCH3 is 1. The molecule has 21 heavy (non-hydrogen) atoms. The van der Waals surface area contributed by atoms with E-state index in [4.69, 9.17) is 0 Å². The smallest absolute Gasteiger partial charge is 0.336 e. The third kappa shape index (κ3) is 4.53. The molecule has 114 valence electrons. The van der Waals surface area contributed by atoms with Crippen molar-refractivity contribution in [3.8, 4) is 0 Å². The molecule has 1 rings (SSSR count). The minimum Gasteiger partial charge on any atom is -0.467 e. The highest BCUT2D eigenvalue weighted by molar-refractivity contribution is 5.84. The van der Waals surface area contributed by atoms with Gasteiger partial charge in [-0.2, -0.15) is 0 Å². The Bertz CT molecular complexity index is 545. The number of nitrogens with one attached hydrogen (secondary N) is 1. The van der Waals surface area contributed by atoms with E-state index >= 15 is 0 Å². The number of amides is 1. The Balaban J connectivity index is 2.68. The first-order chi connectivity index (χ1) is 9.86. The molecule has 0 aliphatic heterocycles. The van der Waals surface area contributed by atoms with Gasteiger partial charge in [0.2, 0.25) is 5.91 Å². The Morgan fingerprint density at radius 1 is 1.48 bits per heavy atom. The lowest BCUT2D eigenvalue weighted by atomic mass is 10.00. The number of nitro groups is 1. The van der Waals surface area contributed by atoms with Crippen LogP contribution in [-0.4, -0.2) is 41.7 Å². The van der Waals surface area contributed by atoms with Crippen molar-refractivity contribution in [1.29, 1.82) is 0 Å². The summed E-state index contributed by atoms with van der Waals surface area (Å²) in [6, 6.07) is 5.71. The van der Waals surface area contributed by atoms with E-state index < -0.39 is 28.8 Å². The van der Waals surface area contributed by atoms with Gasteiger partial charge in [-0.15, -0.1) is 0 Å². The molecule has 0 saturated carbocycles. The molecule has 1 aromatic rings. The number of aliphatic hydroxyl groups is 1. The molecule has 0 fully saturated rings. The molecule has 8 heteroatoms. The zero-order valence-electron chi connectivity index (χ0n) is 11.6. The second-order valence-electron chi connectivity index (χ2n) is 4.36. The maximum absolute atomic E-state index is 11.9. The lowest BCUT2D eigenvalue weighted by Gasteiger charge is -2.14. The van der Waals surface area contributed by atoms with Crippen molar-refractivity contribution in [2.45, 2.75) is 18.9 Å². The molecule has 0 saturated heterocycles. The highest BCUT2D eigenvalue weighted by Gasteiger charge is 2.21. The number of aliphatic hydroxyl groups excluding tert-OH is 1. The van der Waals surface area contributed by atoms with Crippen LogP contribution in [0.5, 0.6) is 0 Å². The molecular formula is C13H16N2O6. The third-order valence-electron chi connectivity index (χ3n) is 2.92. The standard InChI is InChI=1S/C13H16N2O6/c1-8(9-4-3-5-10(6-9)15(19)20)12(17)14-7-11(16)13(18)21-2/h3-6,8,11,16H,7H2,1-2H3,(H,14,17). The van der Waals surface area contributed by atoms with Crippen molar-refractivity contribution in [2.24, 2.45) is 0 Å². The van der Waals surface area contributed by atoms with Gasteiger partial charge >= 0.3 is 5.97 Å². The molecule has 0 aliphatic rings. The topological polar surface area (TPSA) is 119 Å². The molecule has 0 bridgehead atoms. The molecule has 2 unspecified atom stereocenters. The Kier molecular flexibility index (Phi) is 5.79. The van der Waals surface area contributed by atoms with E-state index in [0.717, 1.165) is 7.11 Å². The SMILES string of the molecule is COC(=O)C(O)CNC(=O)C(C)c1cccc([N+](=O)[O-])c1. The molecule has 2 atom stereocenters. The van der Waals surface area contributed by atoms with Crippen LogP contribution in [0, 0.1) is 10.1 Å². The van der Waals surface area contributed by atoms with Crippen LogP contribution in [0.4, 0.5) is 5.69 Å². The largest absolute Gasteiger partial charge is 0.467 e. The fourth-order valence-corrected chi connectivity index (χ4v) is 1.63. The van der Waals surface area contributed by atoms with Crippen LogP contribution < -0.4 is 5.32 Å². The molecule has 0 aliphatic carbocycles. The van der Waals surface area contributed by atoms with Gasteiger partial charge in [0.05, 0.1) is 24.5 Å². The van der Waals surface area contributed by atoms with Gasteiger partial charge in [0, 0.05) is 12.1 Å². The van der Waals surface area contributed by atoms with E-state index in [1.165, 1.54) is 18.2 Å². The van der Waals surface area contributed by atoms with E-state index in [0.29, 0.717) is 5.56 Å². The van der Waals surface area contributed by atoms with Gasteiger partial charge in [0.1, 0.15) is 0 Å². The molecule has 2 N–H and O–H groups in total. The molecule has 0 aromatic heterocycles. The van der Waals surface area contributed by atoms with Gasteiger partial charge in [-0.1, -0.05) is 12.1 Å². The molecule has 0 radical (unpaired) electrons. The van der Waals surface area contributed by atoms with Crippen molar-refractivity contribution in [3.63, 3.8) is 0 Å². The fraction of sp³-hybridized carbons (Fsp3) is 0.385. The first kappa shape index (κ1) is 16.6. The summed E-state index contributed by atoms with van der Waals surface area (Å²) in [6.07, 6.45) is -1.45. The summed E-state index contributed by atoms with van der Waals surface area (Å²) in [7, 11) is 1.12. The van der Waals surface area contributed by atoms with Crippen LogP contribution in [0.3, 0.4) is 0 Å². The van der Waals surface area contributed by atoms with Crippen molar-refractivity contribution < 1.29 is 24.4 Å². The van der Waals surface area contributed by atoms with Crippen molar-refractivity contribution >= 4 is 17.6 Å². The van der Waals surface area contributed by atoms with Crippen LogP contribution in [0.25, 0.3) is 0 Å². The molecular weight excluding hydrogens is 280 g/mol. The van der Waals surface area contributed by atoms with Crippen molar-refractivity contribution in [2.75, 3.05) is 13.7 Å². The van der Waals surface area contributed by atoms with E-state index in [9.17, 15) is 24.8 Å². The Labute approximate surface area is 120 Å². The second kappa shape index (κ2) is 7.34. The quantitative estimate of drug-likeness (QED) is 0.444. The Morgan fingerprint density at radius 3 is 2.71 bits per heavy atom. The summed E-state index contributed by atoms with van der Waals surface area (Å²) in [5, 5.41) is 22.4. The second-order valence-corrected chi connectivity index (χ2v) is 4.36. The summed E-state index contributed by atoms with van der Waals surface area (Å²) in [6.45, 7) is 1.28. The highest BCUT2D eigenvalue weighted by Crippen LogP contribution is 2.20. The third-order valence-corrected chi connectivity index (χ3v) is 2.92. The van der Waals surface area contributed by atoms with Crippen LogP contribution in [-0.2, 0) is 14.3 Å². The number of carbonyl (C=O) groups excluding carboxylic acids is 2. The number of non-ortho nitro benzene ring substituents is 1. The summed E-state index contributed by atoms with van der Waals surface area (Å²) < 4.78 is 4.32. The van der Waals surface area contributed by atoms with Crippen LogP contribution in [0.15, 0.2) is 24.3 Å². The predicted octanol–water partition coefficient (Wildman–Crippen LogP) is 0.348. The van der Waals surface area contributed by atoms with Crippen molar-refractivity contribution in [1.82, 2.24) is 5.32 Å². The number of benzene rings is 1. The van der Waals surface area contributed by atoms with Crippen molar-refractivity contribution in [3.05, 3.63) is 39.9 Å². The van der Waals surface area contributed by atoms with Gasteiger partial charge in [-0.25, -0.2) is 4.79 Å². The summed E-state index contributed by atoms with van der Waals surface area (Å²) in [5.41, 5.74) is 0.357. The first-order valence-electron chi connectivity index (χ1n) is 6.14. The highest BCUT2D eigenvalue weighted by atomic mass is 16.6. The van der Waals surface area contributed by atoms with Gasteiger partial charge in [-0.05, 0) is 12.5 Å². The normalized spacial score (nSPS) is 13.1. The minimum atomic E-state index is -1.45. The van der Waals surface area contributed by atoms with E-state index in [-0.39, 0.29) is 12.2 Å². The lowest BCUT2D eigenvalue weighted by molar-refractivity contribution is -0.384. The van der Waals surface area contributed by atoms with Gasteiger partial charge < -0.3 is 15.2 Å². The number of hydrogen-bond donors (Lipinski definition) is 2. The number of rotatable bonds is 6. The van der Waals surface area contributed by atoms with Crippen LogP contribution >= 0.6 is 0 Å². The molecule has 1 amide bonds.